The summed E-state index contributed by atoms with van der Waals surface area (Å²) < 4.78 is 27.3. The molecule has 1 aromatic rings. The summed E-state index contributed by atoms with van der Waals surface area (Å²) in [5.74, 6) is 0. The largest absolute Gasteiger partial charge is 0.324 e. The van der Waals surface area contributed by atoms with Crippen LogP contribution in [-0.4, -0.2) is 25.4 Å². The first-order valence-electron chi connectivity index (χ1n) is 6.37. The predicted octanol–water partition coefficient (Wildman–Crippen LogP) is 2.57. The number of sulfonamides is 1. The third-order valence-electron chi connectivity index (χ3n) is 3.43. The molecule has 0 saturated heterocycles. The maximum absolute atomic E-state index is 12.3. The van der Waals surface area contributed by atoms with E-state index >= 15 is 0 Å². The molecule has 0 radical (unpaired) electrons. The number of rotatable bonds is 7. The first-order chi connectivity index (χ1) is 9.65. The highest BCUT2D eigenvalue weighted by Gasteiger charge is 2.29. The minimum Gasteiger partial charge on any atom is -0.324 e. The summed E-state index contributed by atoms with van der Waals surface area (Å²) in [5, 5.41) is 11.0. The van der Waals surface area contributed by atoms with Crippen LogP contribution >= 0.6 is 28.3 Å². The van der Waals surface area contributed by atoms with Gasteiger partial charge in [-0.2, -0.15) is 0 Å². The van der Waals surface area contributed by atoms with E-state index in [1.54, 1.807) is 0 Å². The molecule has 0 aliphatic rings. The summed E-state index contributed by atoms with van der Waals surface area (Å²) in [5.41, 5.74) is 4.89. The van der Waals surface area contributed by atoms with Gasteiger partial charge >= 0.3 is 0 Å². The lowest BCUT2D eigenvalue weighted by atomic mass is 9.95. The Morgan fingerprint density at radius 2 is 1.91 bits per heavy atom. The van der Waals surface area contributed by atoms with E-state index in [2.05, 4.69) is 20.7 Å². The number of nitrogens with one attached hydrogen (secondary N) is 1. The average Bonchev–Trinajstić information content (AvgIpc) is 2.44. The highest BCUT2D eigenvalue weighted by molar-refractivity contribution is 9.10. The summed E-state index contributed by atoms with van der Waals surface area (Å²) in [7, 11) is -4.00. The molecule has 0 atom stereocenters. The number of nitrogens with two attached hydrogens (primary N) is 1. The van der Waals surface area contributed by atoms with Crippen LogP contribution < -0.4 is 10.5 Å². The fourth-order valence-electron chi connectivity index (χ4n) is 1.68. The van der Waals surface area contributed by atoms with E-state index in [-0.39, 0.29) is 23.8 Å². The van der Waals surface area contributed by atoms with Crippen LogP contribution in [0.5, 0.6) is 0 Å². The highest BCUT2D eigenvalue weighted by atomic mass is 79.9. The topological polar surface area (TPSA) is 115 Å². The van der Waals surface area contributed by atoms with Gasteiger partial charge in [-0.3, -0.25) is 10.1 Å². The van der Waals surface area contributed by atoms with E-state index in [4.69, 9.17) is 5.73 Å². The number of nitro benzene ring substituents is 1. The molecular weight excluding hydrogens is 398 g/mol. The maximum atomic E-state index is 12.3. The van der Waals surface area contributed by atoms with Gasteiger partial charge in [-0.1, -0.05) is 29.8 Å². The Labute approximate surface area is 144 Å². The van der Waals surface area contributed by atoms with Gasteiger partial charge in [-0.15, -0.1) is 12.4 Å². The lowest BCUT2D eigenvalue weighted by Crippen LogP contribution is -2.49. The molecule has 1 rings (SSSR count). The van der Waals surface area contributed by atoms with Gasteiger partial charge in [-0.05, 0) is 25.0 Å². The summed E-state index contributed by atoms with van der Waals surface area (Å²) in [4.78, 5) is 9.90. The van der Waals surface area contributed by atoms with Gasteiger partial charge in [-0.25, -0.2) is 13.1 Å². The lowest BCUT2D eigenvalue weighted by molar-refractivity contribution is -0.387. The van der Waals surface area contributed by atoms with E-state index in [0.717, 1.165) is 6.07 Å². The molecular formula is C12H19BrClN3O4S. The third kappa shape index (κ3) is 5.17. The summed E-state index contributed by atoms with van der Waals surface area (Å²) in [6.07, 6.45) is 1.18. The Bertz CT molecular complexity index is 635. The Balaban J connectivity index is 0.00000441. The van der Waals surface area contributed by atoms with Crippen molar-refractivity contribution in [2.45, 2.75) is 37.1 Å². The molecule has 0 aliphatic carbocycles. The Morgan fingerprint density at radius 3 is 2.36 bits per heavy atom. The van der Waals surface area contributed by atoms with Gasteiger partial charge in [0, 0.05) is 22.6 Å². The predicted molar refractivity (Wildman–Crippen MR) is 90.7 cm³/mol. The van der Waals surface area contributed by atoms with Crippen LogP contribution in [0.1, 0.15) is 26.7 Å². The molecule has 0 fully saturated rings. The normalized spacial score (nSPS) is 11.8. The molecule has 0 heterocycles. The van der Waals surface area contributed by atoms with Crippen LogP contribution in [0.25, 0.3) is 0 Å². The second kappa shape index (κ2) is 8.21. The first-order valence-corrected chi connectivity index (χ1v) is 8.65. The number of halogens is 2. The van der Waals surface area contributed by atoms with Crippen LogP contribution in [0, 0.1) is 10.1 Å². The zero-order valence-corrected chi connectivity index (χ0v) is 15.4. The van der Waals surface area contributed by atoms with Crippen molar-refractivity contribution < 1.29 is 13.3 Å². The number of nitrogens with zero attached hydrogens (tertiary/aromatic N) is 1. The van der Waals surface area contributed by atoms with Crippen LogP contribution in [0.15, 0.2) is 27.6 Å². The Morgan fingerprint density at radius 1 is 1.36 bits per heavy atom. The van der Waals surface area contributed by atoms with Crippen molar-refractivity contribution in [2.24, 2.45) is 5.73 Å². The van der Waals surface area contributed by atoms with Crippen LogP contribution in [-0.2, 0) is 10.0 Å². The summed E-state index contributed by atoms with van der Waals surface area (Å²) in [6.45, 7) is 3.75. The molecule has 0 aromatic heterocycles. The second-order valence-electron chi connectivity index (χ2n) is 4.76. The molecule has 0 aliphatic heterocycles. The number of hydrogen-bond donors (Lipinski definition) is 2. The zero-order chi connectivity index (χ0) is 16.3. The molecule has 0 spiro atoms. The van der Waals surface area contributed by atoms with E-state index < -0.39 is 26.2 Å². The third-order valence-corrected chi connectivity index (χ3v) is 5.37. The van der Waals surface area contributed by atoms with Gasteiger partial charge in [0.1, 0.15) is 0 Å². The van der Waals surface area contributed by atoms with E-state index in [0.29, 0.717) is 17.3 Å². The summed E-state index contributed by atoms with van der Waals surface area (Å²) in [6, 6.07) is 3.79. The zero-order valence-electron chi connectivity index (χ0n) is 12.2. The number of hydrogen-bond acceptors (Lipinski definition) is 5. The van der Waals surface area contributed by atoms with Gasteiger partial charge in [0.05, 0.1) is 4.92 Å². The van der Waals surface area contributed by atoms with E-state index in [9.17, 15) is 18.5 Å². The van der Waals surface area contributed by atoms with Gasteiger partial charge in [0.25, 0.3) is 5.69 Å². The molecule has 22 heavy (non-hydrogen) atoms. The fraction of sp³-hybridized carbons (Fsp3) is 0.500. The molecule has 126 valence electrons. The van der Waals surface area contributed by atoms with Crippen LogP contribution in [0.2, 0.25) is 0 Å². The first kappa shape index (κ1) is 21.3. The Kier molecular flexibility index (Phi) is 7.93. The minimum absolute atomic E-state index is 0. The summed E-state index contributed by atoms with van der Waals surface area (Å²) >= 11 is 3.08. The monoisotopic (exact) mass is 415 g/mol. The van der Waals surface area contributed by atoms with Gasteiger partial charge in [0.15, 0.2) is 4.90 Å². The molecule has 0 unspecified atom stereocenters. The standard InChI is InChI=1S/C12H18BrN3O4S.ClH/c1-3-12(14,4-2)8-15-21(19,20)11-6-5-9(13)7-10(11)16(17)18;/h5-7,15H,3-4,8,14H2,1-2H3;1H. The van der Waals surface area contributed by atoms with Crippen molar-refractivity contribution in [3.8, 4) is 0 Å². The smallest absolute Gasteiger partial charge is 0.290 e. The number of nitro groups is 1. The van der Waals surface area contributed by atoms with Crippen LogP contribution in [0.3, 0.4) is 0 Å². The number of benzene rings is 1. The van der Waals surface area contributed by atoms with Crippen molar-refractivity contribution in [3.05, 3.63) is 32.8 Å². The second-order valence-corrected chi connectivity index (χ2v) is 7.41. The van der Waals surface area contributed by atoms with Gasteiger partial charge in [0.2, 0.25) is 10.0 Å². The Hall–Kier alpha value is -0.740. The van der Waals surface area contributed by atoms with Crippen molar-refractivity contribution in [2.75, 3.05) is 6.54 Å². The highest BCUT2D eigenvalue weighted by Crippen LogP contribution is 2.27. The molecule has 10 heteroatoms. The molecule has 0 amide bonds. The van der Waals surface area contributed by atoms with E-state index in [1.807, 2.05) is 13.8 Å². The van der Waals surface area contributed by atoms with E-state index in [1.165, 1.54) is 12.1 Å². The molecule has 1 aromatic carbocycles. The van der Waals surface area contributed by atoms with Crippen LogP contribution in [0.4, 0.5) is 5.69 Å². The lowest BCUT2D eigenvalue weighted by Gasteiger charge is -2.26. The fourth-order valence-corrected chi connectivity index (χ4v) is 3.31. The molecule has 7 nitrogen and oxygen atoms in total. The quantitative estimate of drug-likeness (QED) is 0.523. The van der Waals surface area contributed by atoms with Crippen molar-refractivity contribution in [1.29, 1.82) is 0 Å². The molecule has 0 bridgehead atoms. The SMILES string of the molecule is CCC(N)(CC)CNS(=O)(=O)c1ccc(Br)cc1[N+](=O)[O-].Cl. The van der Waals surface area contributed by atoms with Crippen molar-refractivity contribution in [1.82, 2.24) is 4.72 Å². The molecule has 0 saturated carbocycles. The maximum Gasteiger partial charge on any atom is 0.290 e. The minimum atomic E-state index is -4.00. The van der Waals surface area contributed by atoms with Crippen molar-refractivity contribution in [3.63, 3.8) is 0 Å². The molecule has 3 N–H and O–H groups in total. The van der Waals surface area contributed by atoms with Gasteiger partial charge < -0.3 is 5.73 Å². The van der Waals surface area contributed by atoms with Crippen molar-refractivity contribution >= 4 is 44.0 Å². The average molecular weight is 417 g/mol.